The molecule has 0 aromatic carbocycles. The van der Waals surface area contributed by atoms with Crippen LogP contribution in [0.4, 0.5) is 0 Å². The maximum Gasteiger partial charge on any atom is 0.123 e. The molecule has 1 aromatic heterocycles. The standard InChI is InChI=1S/C9H12N2O/c1-7-10-5-9-4-8(6-12)2-3-11(7)9/h5-6,8H,2-4H2,1H3. The number of fused-ring (bicyclic) bond motifs is 1. The lowest BCUT2D eigenvalue weighted by atomic mass is 9.98. The van der Waals surface area contributed by atoms with Gasteiger partial charge in [-0.3, -0.25) is 0 Å². The first-order chi connectivity index (χ1) is 5.81. The third-order valence-electron chi connectivity index (χ3n) is 2.53. The molecule has 2 heterocycles. The largest absolute Gasteiger partial charge is 0.332 e. The van der Waals surface area contributed by atoms with Crippen LogP contribution < -0.4 is 0 Å². The van der Waals surface area contributed by atoms with Crippen LogP contribution in [0.25, 0.3) is 0 Å². The monoisotopic (exact) mass is 164 g/mol. The molecule has 0 amide bonds. The Kier molecular flexibility index (Phi) is 1.71. The molecule has 3 nitrogen and oxygen atoms in total. The highest BCUT2D eigenvalue weighted by Gasteiger charge is 2.18. The molecule has 12 heavy (non-hydrogen) atoms. The molecule has 0 N–H and O–H groups in total. The first kappa shape index (κ1) is 7.53. The quantitative estimate of drug-likeness (QED) is 0.579. The average molecular weight is 164 g/mol. The van der Waals surface area contributed by atoms with Crippen LogP contribution in [0.3, 0.4) is 0 Å². The van der Waals surface area contributed by atoms with Crippen molar-refractivity contribution in [3.8, 4) is 0 Å². The van der Waals surface area contributed by atoms with Crippen molar-refractivity contribution >= 4 is 6.29 Å². The van der Waals surface area contributed by atoms with Gasteiger partial charge < -0.3 is 9.36 Å². The first-order valence-electron chi connectivity index (χ1n) is 4.27. The Morgan fingerprint density at radius 2 is 2.58 bits per heavy atom. The van der Waals surface area contributed by atoms with Gasteiger partial charge in [-0.25, -0.2) is 4.98 Å². The predicted molar refractivity (Wildman–Crippen MR) is 44.8 cm³/mol. The first-order valence-corrected chi connectivity index (χ1v) is 4.27. The molecule has 0 bridgehead atoms. The lowest BCUT2D eigenvalue weighted by molar-refractivity contribution is -0.111. The molecular formula is C9H12N2O. The number of imidazole rings is 1. The van der Waals surface area contributed by atoms with Crippen molar-refractivity contribution in [2.75, 3.05) is 0 Å². The molecule has 3 heteroatoms. The van der Waals surface area contributed by atoms with E-state index in [1.807, 2.05) is 13.1 Å². The number of aldehydes is 1. The predicted octanol–water partition coefficient (Wildman–Crippen LogP) is 0.953. The van der Waals surface area contributed by atoms with Crippen molar-refractivity contribution in [3.05, 3.63) is 17.7 Å². The lowest BCUT2D eigenvalue weighted by Crippen LogP contribution is -2.20. The Labute approximate surface area is 71.4 Å². The number of hydrogen-bond acceptors (Lipinski definition) is 2. The second kappa shape index (κ2) is 2.73. The highest BCUT2D eigenvalue weighted by atomic mass is 16.1. The summed E-state index contributed by atoms with van der Waals surface area (Å²) >= 11 is 0. The summed E-state index contributed by atoms with van der Waals surface area (Å²) in [6.07, 6.45) is 4.77. The zero-order valence-electron chi connectivity index (χ0n) is 7.16. The SMILES string of the molecule is Cc1ncc2n1CCC(C=O)C2. The number of hydrogen-bond donors (Lipinski definition) is 0. The summed E-state index contributed by atoms with van der Waals surface area (Å²) in [5.74, 6) is 1.28. The van der Waals surface area contributed by atoms with Crippen molar-refractivity contribution in [1.82, 2.24) is 9.55 Å². The van der Waals surface area contributed by atoms with E-state index in [-0.39, 0.29) is 5.92 Å². The van der Waals surface area contributed by atoms with E-state index in [1.165, 1.54) is 5.69 Å². The molecular weight excluding hydrogens is 152 g/mol. The van der Waals surface area contributed by atoms with Gasteiger partial charge in [0.1, 0.15) is 12.1 Å². The third kappa shape index (κ3) is 1.05. The number of aryl methyl sites for hydroxylation is 1. The van der Waals surface area contributed by atoms with Crippen molar-refractivity contribution < 1.29 is 4.79 Å². The van der Waals surface area contributed by atoms with Crippen LogP contribution >= 0.6 is 0 Å². The van der Waals surface area contributed by atoms with Gasteiger partial charge in [-0.2, -0.15) is 0 Å². The van der Waals surface area contributed by atoms with Crippen LogP contribution in [0, 0.1) is 12.8 Å². The molecule has 0 saturated heterocycles. The number of carbonyl (C=O) groups is 1. The molecule has 1 aromatic rings. The Morgan fingerprint density at radius 3 is 3.33 bits per heavy atom. The molecule has 0 radical (unpaired) electrons. The van der Waals surface area contributed by atoms with Gasteiger partial charge in [0.2, 0.25) is 0 Å². The van der Waals surface area contributed by atoms with Crippen molar-refractivity contribution in [2.45, 2.75) is 26.3 Å². The Morgan fingerprint density at radius 1 is 1.75 bits per heavy atom. The summed E-state index contributed by atoms with van der Waals surface area (Å²) in [6, 6.07) is 0. The second-order valence-electron chi connectivity index (χ2n) is 3.34. The Hall–Kier alpha value is -1.12. The van der Waals surface area contributed by atoms with Gasteiger partial charge in [0, 0.05) is 24.4 Å². The van der Waals surface area contributed by atoms with Crippen LogP contribution in [0.1, 0.15) is 17.9 Å². The topological polar surface area (TPSA) is 34.9 Å². The average Bonchev–Trinajstić information content (AvgIpc) is 2.47. The molecule has 1 atom stereocenters. The minimum absolute atomic E-state index is 0.216. The van der Waals surface area contributed by atoms with E-state index in [0.717, 1.165) is 31.5 Å². The highest BCUT2D eigenvalue weighted by molar-refractivity contribution is 5.54. The fourth-order valence-electron chi connectivity index (χ4n) is 1.77. The second-order valence-corrected chi connectivity index (χ2v) is 3.34. The lowest BCUT2D eigenvalue weighted by Gasteiger charge is -2.19. The summed E-state index contributed by atoms with van der Waals surface area (Å²) in [5.41, 5.74) is 1.20. The number of nitrogens with zero attached hydrogens (tertiary/aromatic N) is 2. The molecule has 64 valence electrons. The van der Waals surface area contributed by atoms with Crippen LogP contribution in [0.15, 0.2) is 6.20 Å². The van der Waals surface area contributed by atoms with E-state index in [1.54, 1.807) is 0 Å². The molecule has 0 aliphatic carbocycles. The summed E-state index contributed by atoms with van der Waals surface area (Å²) in [7, 11) is 0. The minimum atomic E-state index is 0.216. The zero-order valence-corrected chi connectivity index (χ0v) is 7.16. The van der Waals surface area contributed by atoms with Gasteiger partial charge >= 0.3 is 0 Å². The third-order valence-corrected chi connectivity index (χ3v) is 2.53. The molecule has 0 saturated carbocycles. The number of aromatic nitrogens is 2. The zero-order chi connectivity index (χ0) is 8.55. The molecule has 1 unspecified atom stereocenters. The summed E-state index contributed by atoms with van der Waals surface area (Å²) in [5, 5.41) is 0. The maximum absolute atomic E-state index is 10.5. The minimum Gasteiger partial charge on any atom is -0.332 e. The molecule has 0 spiro atoms. The molecule has 2 rings (SSSR count). The molecule has 1 aliphatic heterocycles. The molecule has 1 aliphatic rings. The van der Waals surface area contributed by atoms with E-state index in [4.69, 9.17) is 0 Å². The normalized spacial score (nSPS) is 21.9. The van der Waals surface area contributed by atoms with Gasteiger partial charge in [0.05, 0.1) is 0 Å². The van der Waals surface area contributed by atoms with Crippen LogP contribution in [0.5, 0.6) is 0 Å². The van der Waals surface area contributed by atoms with Crippen molar-refractivity contribution in [1.29, 1.82) is 0 Å². The summed E-state index contributed by atoms with van der Waals surface area (Å²) < 4.78 is 2.19. The van der Waals surface area contributed by atoms with E-state index in [0.29, 0.717) is 0 Å². The van der Waals surface area contributed by atoms with E-state index in [9.17, 15) is 4.79 Å². The summed E-state index contributed by atoms with van der Waals surface area (Å²) in [6.45, 7) is 2.95. The number of rotatable bonds is 1. The van der Waals surface area contributed by atoms with Crippen molar-refractivity contribution in [3.63, 3.8) is 0 Å². The van der Waals surface area contributed by atoms with Crippen LogP contribution in [-0.4, -0.2) is 15.8 Å². The maximum atomic E-state index is 10.5. The fraction of sp³-hybridized carbons (Fsp3) is 0.556. The highest BCUT2D eigenvalue weighted by Crippen LogP contribution is 2.19. The van der Waals surface area contributed by atoms with E-state index >= 15 is 0 Å². The molecule has 0 fully saturated rings. The summed E-state index contributed by atoms with van der Waals surface area (Å²) in [4.78, 5) is 14.8. The smallest absolute Gasteiger partial charge is 0.123 e. The fourth-order valence-corrected chi connectivity index (χ4v) is 1.77. The van der Waals surface area contributed by atoms with Crippen LogP contribution in [-0.2, 0) is 17.8 Å². The van der Waals surface area contributed by atoms with Gasteiger partial charge in [0.15, 0.2) is 0 Å². The van der Waals surface area contributed by atoms with E-state index < -0.39 is 0 Å². The van der Waals surface area contributed by atoms with Gasteiger partial charge in [-0.15, -0.1) is 0 Å². The van der Waals surface area contributed by atoms with Gasteiger partial charge in [-0.1, -0.05) is 0 Å². The van der Waals surface area contributed by atoms with Crippen LogP contribution in [0.2, 0.25) is 0 Å². The number of carbonyl (C=O) groups excluding carboxylic acids is 1. The van der Waals surface area contributed by atoms with Gasteiger partial charge in [-0.05, 0) is 19.8 Å². The van der Waals surface area contributed by atoms with E-state index in [2.05, 4.69) is 9.55 Å². The Bertz CT molecular complexity index is 303. The van der Waals surface area contributed by atoms with Gasteiger partial charge in [0.25, 0.3) is 0 Å². The van der Waals surface area contributed by atoms with Crippen molar-refractivity contribution in [2.24, 2.45) is 5.92 Å². The Balaban J connectivity index is 2.30.